The number of nitrogens with zero attached hydrogens (tertiary/aromatic N) is 1. The fraction of sp³-hybridized carbons (Fsp3) is 0.381. The second kappa shape index (κ2) is 8.11. The number of rotatable bonds is 5. The van der Waals surface area contributed by atoms with Crippen LogP contribution in [0.5, 0.6) is 0 Å². The summed E-state index contributed by atoms with van der Waals surface area (Å²) >= 11 is 0. The maximum Gasteiger partial charge on any atom is 0.224 e. The summed E-state index contributed by atoms with van der Waals surface area (Å²) in [6, 6.07) is 19.0. The summed E-state index contributed by atoms with van der Waals surface area (Å²) in [5, 5.41) is 3.22. The van der Waals surface area contributed by atoms with Crippen LogP contribution in [0.1, 0.15) is 29.5 Å². The molecule has 1 heterocycles. The molecule has 1 aliphatic heterocycles. The Bertz CT molecular complexity index is 651. The van der Waals surface area contributed by atoms with Gasteiger partial charge < -0.3 is 5.32 Å². The highest BCUT2D eigenvalue weighted by Gasteiger charge is 2.21. The zero-order valence-electron chi connectivity index (χ0n) is 14.4. The van der Waals surface area contributed by atoms with Gasteiger partial charge in [-0.1, -0.05) is 60.2 Å². The Kier molecular flexibility index (Phi) is 5.65. The molecule has 1 fully saturated rings. The SMILES string of the molecule is Cc1ccc(CC(=O)NC2CCCN(Cc3ccccc3)C2)cc1. The molecular formula is C21H26N2O. The van der Waals surface area contributed by atoms with E-state index in [1.807, 2.05) is 18.2 Å². The average molecular weight is 322 g/mol. The zero-order chi connectivity index (χ0) is 16.8. The van der Waals surface area contributed by atoms with Gasteiger partial charge in [-0.15, -0.1) is 0 Å². The molecule has 0 aliphatic carbocycles. The van der Waals surface area contributed by atoms with Crippen LogP contribution < -0.4 is 5.32 Å². The largest absolute Gasteiger partial charge is 0.352 e. The number of amides is 1. The molecule has 1 saturated heterocycles. The van der Waals surface area contributed by atoms with E-state index in [0.717, 1.165) is 38.0 Å². The highest BCUT2D eigenvalue weighted by molar-refractivity contribution is 5.78. The Morgan fingerprint density at radius 1 is 1.08 bits per heavy atom. The Hall–Kier alpha value is -2.13. The van der Waals surface area contributed by atoms with Gasteiger partial charge in [-0.05, 0) is 37.4 Å². The number of benzene rings is 2. The van der Waals surface area contributed by atoms with Crippen LogP contribution in [-0.2, 0) is 17.8 Å². The van der Waals surface area contributed by atoms with Gasteiger partial charge in [-0.25, -0.2) is 0 Å². The molecule has 1 amide bonds. The predicted octanol–water partition coefficient (Wildman–Crippen LogP) is 3.32. The number of carbonyl (C=O) groups excluding carboxylic acids is 1. The highest BCUT2D eigenvalue weighted by atomic mass is 16.1. The van der Waals surface area contributed by atoms with Gasteiger partial charge in [0.2, 0.25) is 5.91 Å². The monoisotopic (exact) mass is 322 g/mol. The quantitative estimate of drug-likeness (QED) is 0.916. The first kappa shape index (κ1) is 16.7. The summed E-state index contributed by atoms with van der Waals surface area (Å²) < 4.78 is 0. The van der Waals surface area contributed by atoms with E-state index >= 15 is 0 Å². The summed E-state index contributed by atoms with van der Waals surface area (Å²) in [6.45, 7) is 5.08. The molecular weight excluding hydrogens is 296 g/mol. The third kappa shape index (κ3) is 4.93. The number of hydrogen-bond donors (Lipinski definition) is 1. The van der Waals surface area contributed by atoms with E-state index in [0.29, 0.717) is 6.42 Å². The minimum Gasteiger partial charge on any atom is -0.352 e. The van der Waals surface area contributed by atoms with Crippen molar-refractivity contribution in [2.45, 2.75) is 38.8 Å². The van der Waals surface area contributed by atoms with Crippen LogP contribution in [0.3, 0.4) is 0 Å². The first-order valence-corrected chi connectivity index (χ1v) is 8.80. The number of carbonyl (C=O) groups is 1. The zero-order valence-corrected chi connectivity index (χ0v) is 14.4. The third-order valence-electron chi connectivity index (χ3n) is 4.60. The van der Waals surface area contributed by atoms with E-state index in [1.54, 1.807) is 0 Å². The lowest BCUT2D eigenvalue weighted by Gasteiger charge is -2.33. The number of aryl methyl sites for hydroxylation is 1. The molecule has 24 heavy (non-hydrogen) atoms. The van der Waals surface area contributed by atoms with Gasteiger partial charge in [0.05, 0.1) is 6.42 Å². The molecule has 1 unspecified atom stereocenters. The van der Waals surface area contributed by atoms with Crippen LogP contribution in [0.4, 0.5) is 0 Å². The van der Waals surface area contributed by atoms with E-state index in [2.05, 4.69) is 53.5 Å². The number of nitrogens with one attached hydrogen (secondary N) is 1. The first-order chi connectivity index (χ1) is 11.7. The average Bonchev–Trinajstić information content (AvgIpc) is 2.58. The molecule has 2 aromatic carbocycles. The van der Waals surface area contributed by atoms with Crippen molar-refractivity contribution in [3.05, 3.63) is 71.3 Å². The maximum absolute atomic E-state index is 12.3. The molecule has 0 bridgehead atoms. The smallest absolute Gasteiger partial charge is 0.224 e. The fourth-order valence-corrected chi connectivity index (χ4v) is 3.33. The summed E-state index contributed by atoms with van der Waals surface area (Å²) in [6.07, 6.45) is 2.68. The Morgan fingerprint density at radius 3 is 2.58 bits per heavy atom. The van der Waals surface area contributed by atoms with Crippen molar-refractivity contribution >= 4 is 5.91 Å². The number of piperidine rings is 1. The van der Waals surface area contributed by atoms with Crippen molar-refractivity contribution in [2.24, 2.45) is 0 Å². The molecule has 3 nitrogen and oxygen atoms in total. The lowest BCUT2D eigenvalue weighted by atomic mass is 10.0. The molecule has 0 saturated carbocycles. The van der Waals surface area contributed by atoms with Crippen LogP contribution in [0.2, 0.25) is 0 Å². The number of hydrogen-bond acceptors (Lipinski definition) is 2. The van der Waals surface area contributed by atoms with E-state index in [1.165, 1.54) is 11.1 Å². The van der Waals surface area contributed by atoms with Gasteiger partial charge in [-0.3, -0.25) is 9.69 Å². The van der Waals surface area contributed by atoms with Crippen molar-refractivity contribution in [2.75, 3.05) is 13.1 Å². The fourth-order valence-electron chi connectivity index (χ4n) is 3.33. The standard InChI is InChI=1S/C21H26N2O/c1-17-9-11-18(12-10-17)14-21(24)22-20-8-5-13-23(16-20)15-19-6-3-2-4-7-19/h2-4,6-7,9-12,20H,5,8,13-16H2,1H3,(H,22,24). The summed E-state index contributed by atoms with van der Waals surface area (Å²) in [4.78, 5) is 14.7. The van der Waals surface area contributed by atoms with E-state index < -0.39 is 0 Å². The second-order valence-electron chi connectivity index (χ2n) is 6.79. The van der Waals surface area contributed by atoms with Crippen molar-refractivity contribution in [1.82, 2.24) is 10.2 Å². The van der Waals surface area contributed by atoms with Gasteiger partial charge in [0.1, 0.15) is 0 Å². The van der Waals surface area contributed by atoms with Crippen molar-refractivity contribution in [3.63, 3.8) is 0 Å². The topological polar surface area (TPSA) is 32.3 Å². The van der Waals surface area contributed by atoms with Crippen molar-refractivity contribution < 1.29 is 4.79 Å². The predicted molar refractivity (Wildman–Crippen MR) is 97.8 cm³/mol. The van der Waals surface area contributed by atoms with Gasteiger partial charge in [0.25, 0.3) is 0 Å². The minimum atomic E-state index is 0.130. The minimum absolute atomic E-state index is 0.130. The molecule has 126 valence electrons. The molecule has 3 heteroatoms. The van der Waals surface area contributed by atoms with Crippen LogP contribution >= 0.6 is 0 Å². The molecule has 0 radical (unpaired) electrons. The van der Waals surface area contributed by atoms with Crippen molar-refractivity contribution in [3.8, 4) is 0 Å². The van der Waals surface area contributed by atoms with Crippen LogP contribution in [0.25, 0.3) is 0 Å². The summed E-state index contributed by atoms with van der Waals surface area (Å²) in [7, 11) is 0. The van der Waals surface area contributed by atoms with Crippen LogP contribution in [0, 0.1) is 6.92 Å². The molecule has 1 N–H and O–H groups in total. The highest BCUT2D eigenvalue weighted by Crippen LogP contribution is 2.14. The van der Waals surface area contributed by atoms with E-state index in [9.17, 15) is 4.79 Å². The van der Waals surface area contributed by atoms with Gasteiger partial charge in [-0.2, -0.15) is 0 Å². The molecule has 0 spiro atoms. The third-order valence-corrected chi connectivity index (χ3v) is 4.60. The first-order valence-electron chi connectivity index (χ1n) is 8.80. The number of likely N-dealkylation sites (tertiary alicyclic amines) is 1. The normalized spacial score (nSPS) is 18.3. The lowest BCUT2D eigenvalue weighted by Crippen LogP contribution is -2.47. The summed E-state index contributed by atoms with van der Waals surface area (Å²) in [5.41, 5.74) is 3.64. The molecule has 0 aromatic heterocycles. The van der Waals surface area contributed by atoms with Gasteiger partial charge >= 0.3 is 0 Å². The Morgan fingerprint density at radius 2 is 1.83 bits per heavy atom. The molecule has 1 aliphatic rings. The van der Waals surface area contributed by atoms with Crippen LogP contribution in [0.15, 0.2) is 54.6 Å². The molecule has 1 atom stereocenters. The van der Waals surface area contributed by atoms with Gasteiger partial charge in [0.15, 0.2) is 0 Å². The van der Waals surface area contributed by atoms with E-state index in [4.69, 9.17) is 0 Å². The Balaban J connectivity index is 1.49. The Labute approximate surface area is 144 Å². The summed E-state index contributed by atoms with van der Waals surface area (Å²) in [5.74, 6) is 0.130. The molecule has 3 rings (SSSR count). The van der Waals surface area contributed by atoms with Gasteiger partial charge in [0, 0.05) is 19.1 Å². The van der Waals surface area contributed by atoms with E-state index in [-0.39, 0.29) is 11.9 Å². The lowest BCUT2D eigenvalue weighted by molar-refractivity contribution is -0.121. The van der Waals surface area contributed by atoms with Crippen LogP contribution in [-0.4, -0.2) is 29.9 Å². The molecule has 2 aromatic rings. The second-order valence-corrected chi connectivity index (χ2v) is 6.79. The maximum atomic E-state index is 12.3. The van der Waals surface area contributed by atoms with Crippen molar-refractivity contribution in [1.29, 1.82) is 0 Å².